The van der Waals surface area contributed by atoms with E-state index in [1.807, 2.05) is 30.3 Å². The number of esters is 1. The first-order valence-electron chi connectivity index (χ1n) is 8.38. The van der Waals surface area contributed by atoms with E-state index in [0.717, 1.165) is 17.3 Å². The molecule has 1 heterocycles. The summed E-state index contributed by atoms with van der Waals surface area (Å²) in [6.07, 6.45) is 1.75. The summed E-state index contributed by atoms with van der Waals surface area (Å²) in [5, 5.41) is 21.6. The van der Waals surface area contributed by atoms with E-state index in [0.29, 0.717) is 10.6 Å². The predicted molar refractivity (Wildman–Crippen MR) is 108 cm³/mol. The zero-order chi connectivity index (χ0) is 20.1. The maximum atomic E-state index is 12.3. The Kier molecular flexibility index (Phi) is 5.90. The van der Waals surface area contributed by atoms with Crippen molar-refractivity contribution in [1.29, 1.82) is 0 Å². The molecule has 1 aliphatic rings. The second-order valence-electron chi connectivity index (χ2n) is 5.66. The van der Waals surface area contributed by atoms with Crippen LogP contribution in [0.15, 0.2) is 75.8 Å². The molecule has 3 rings (SSSR count). The minimum absolute atomic E-state index is 0.0209. The third-order valence-electron chi connectivity index (χ3n) is 3.76. The Balaban J connectivity index is 2.00. The molecule has 1 aliphatic heterocycles. The zero-order valence-electron chi connectivity index (χ0n) is 14.9. The number of aliphatic imine (C=N–C) groups is 1. The molecule has 0 saturated heterocycles. The summed E-state index contributed by atoms with van der Waals surface area (Å²) in [5.74, 6) is -0.877. The van der Waals surface area contributed by atoms with Crippen LogP contribution in [0.2, 0.25) is 0 Å². The van der Waals surface area contributed by atoms with Gasteiger partial charge in [-0.2, -0.15) is 0 Å². The number of carbonyl (C=O) groups excluding carboxylic acids is 1. The molecule has 0 amide bonds. The van der Waals surface area contributed by atoms with Gasteiger partial charge in [-0.1, -0.05) is 42.1 Å². The number of hydrogen-bond donors (Lipinski definition) is 1. The third kappa shape index (κ3) is 4.29. The number of nitro groups is 1. The normalized spacial score (nSPS) is 16.6. The van der Waals surface area contributed by atoms with Crippen LogP contribution in [0.5, 0.6) is 0 Å². The van der Waals surface area contributed by atoms with Crippen molar-refractivity contribution in [3.05, 3.63) is 86.5 Å². The van der Waals surface area contributed by atoms with E-state index in [1.54, 1.807) is 13.0 Å². The number of nitrogens with zero attached hydrogens (tertiary/aromatic N) is 2. The van der Waals surface area contributed by atoms with Crippen molar-refractivity contribution in [3.8, 4) is 0 Å². The predicted octanol–water partition coefficient (Wildman–Crippen LogP) is 4.79. The highest BCUT2D eigenvalue weighted by Crippen LogP contribution is 2.40. The van der Waals surface area contributed by atoms with Gasteiger partial charge in [0.1, 0.15) is 16.4 Å². The molecule has 1 N–H and O–H groups in total. The van der Waals surface area contributed by atoms with Gasteiger partial charge in [-0.3, -0.25) is 10.1 Å². The summed E-state index contributed by atoms with van der Waals surface area (Å²) in [6.45, 7) is 1.83. The van der Waals surface area contributed by atoms with Crippen LogP contribution in [-0.4, -0.2) is 27.6 Å². The summed E-state index contributed by atoms with van der Waals surface area (Å²) < 4.78 is 5.05. The quantitative estimate of drug-likeness (QED) is 0.443. The van der Waals surface area contributed by atoms with E-state index in [4.69, 9.17) is 4.74 Å². The molecular weight excluding hydrogens is 380 g/mol. The van der Waals surface area contributed by atoms with Gasteiger partial charge in [-0.25, -0.2) is 9.79 Å². The highest BCUT2D eigenvalue weighted by molar-refractivity contribution is 8.18. The Morgan fingerprint density at radius 3 is 2.50 bits per heavy atom. The molecule has 0 radical (unpaired) electrons. The summed E-state index contributed by atoms with van der Waals surface area (Å²) in [6, 6.07) is 15.0. The molecule has 0 fully saturated rings. The van der Waals surface area contributed by atoms with Crippen molar-refractivity contribution in [1.82, 2.24) is 0 Å². The van der Waals surface area contributed by atoms with Crippen molar-refractivity contribution in [2.45, 2.75) is 6.92 Å². The van der Waals surface area contributed by atoms with Crippen molar-refractivity contribution >= 4 is 40.2 Å². The number of ether oxygens (including phenoxy) is 1. The van der Waals surface area contributed by atoms with Crippen LogP contribution >= 0.6 is 11.8 Å². The lowest BCUT2D eigenvalue weighted by Gasteiger charge is -2.03. The summed E-state index contributed by atoms with van der Waals surface area (Å²) in [4.78, 5) is 27.5. The Morgan fingerprint density at radius 1 is 1.21 bits per heavy atom. The molecule has 0 spiro atoms. The fraction of sp³-hybridized carbons (Fsp3) is 0.100. The van der Waals surface area contributed by atoms with E-state index in [-0.39, 0.29) is 28.7 Å². The fourth-order valence-corrected chi connectivity index (χ4v) is 3.49. The molecule has 0 unspecified atom stereocenters. The number of benzene rings is 2. The molecule has 142 valence electrons. The molecule has 2 aromatic carbocycles. The number of hydrogen-bond acceptors (Lipinski definition) is 7. The van der Waals surface area contributed by atoms with Gasteiger partial charge in [0.25, 0.3) is 5.69 Å². The van der Waals surface area contributed by atoms with Gasteiger partial charge in [0.2, 0.25) is 0 Å². The Morgan fingerprint density at radius 2 is 1.89 bits per heavy atom. The van der Waals surface area contributed by atoms with Gasteiger partial charge in [0.05, 0.1) is 22.1 Å². The lowest BCUT2D eigenvalue weighted by Crippen LogP contribution is -2.12. The highest BCUT2D eigenvalue weighted by atomic mass is 32.2. The van der Waals surface area contributed by atoms with E-state index in [9.17, 15) is 20.0 Å². The lowest BCUT2D eigenvalue weighted by molar-refractivity contribution is -0.384. The van der Waals surface area contributed by atoms with Crippen LogP contribution in [0, 0.1) is 10.1 Å². The van der Waals surface area contributed by atoms with Crippen molar-refractivity contribution < 1.29 is 19.6 Å². The number of nitro benzene ring substituents is 1. The fourth-order valence-electron chi connectivity index (χ4n) is 2.46. The van der Waals surface area contributed by atoms with Crippen LogP contribution in [0.1, 0.15) is 12.5 Å². The molecular formula is C20H16N2O5S. The van der Waals surface area contributed by atoms with Crippen LogP contribution in [0.3, 0.4) is 0 Å². The van der Waals surface area contributed by atoms with E-state index in [2.05, 4.69) is 4.99 Å². The van der Waals surface area contributed by atoms with Crippen LogP contribution < -0.4 is 0 Å². The van der Waals surface area contributed by atoms with Gasteiger partial charge in [-0.15, -0.1) is 0 Å². The van der Waals surface area contributed by atoms with Gasteiger partial charge >= 0.3 is 5.97 Å². The van der Waals surface area contributed by atoms with Gasteiger partial charge in [-0.05, 0) is 30.7 Å². The molecule has 28 heavy (non-hydrogen) atoms. The Hall–Kier alpha value is -3.39. The van der Waals surface area contributed by atoms with E-state index < -0.39 is 10.9 Å². The molecule has 8 heteroatoms. The third-order valence-corrected chi connectivity index (χ3v) is 4.78. The molecule has 0 saturated carbocycles. The van der Waals surface area contributed by atoms with Crippen molar-refractivity contribution in [3.63, 3.8) is 0 Å². The van der Waals surface area contributed by atoms with Crippen LogP contribution in [0.25, 0.3) is 6.08 Å². The SMILES string of the molecule is CCOC(=O)C1=C(O)/C(=C/c2ccccc2)SC1=Nc1ccc([N+](=O)[O-])cc1. The molecule has 7 nitrogen and oxygen atoms in total. The first-order chi connectivity index (χ1) is 13.5. The summed E-state index contributed by atoms with van der Waals surface area (Å²) in [7, 11) is 0. The van der Waals surface area contributed by atoms with E-state index in [1.165, 1.54) is 24.3 Å². The first kappa shape index (κ1) is 19.4. The second kappa shape index (κ2) is 8.53. The monoisotopic (exact) mass is 396 g/mol. The number of carbonyl (C=O) groups is 1. The molecule has 0 aliphatic carbocycles. The highest BCUT2D eigenvalue weighted by Gasteiger charge is 2.33. The zero-order valence-corrected chi connectivity index (χ0v) is 15.7. The maximum absolute atomic E-state index is 12.3. The number of rotatable bonds is 5. The molecule has 0 bridgehead atoms. The lowest BCUT2D eigenvalue weighted by atomic mass is 10.1. The maximum Gasteiger partial charge on any atom is 0.344 e. The van der Waals surface area contributed by atoms with Crippen molar-refractivity contribution in [2.75, 3.05) is 6.61 Å². The Labute approximate surface area is 165 Å². The second-order valence-corrected chi connectivity index (χ2v) is 6.69. The van der Waals surface area contributed by atoms with Crippen LogP contribution in [-0.2, 0) is 9.53 Å². The number of non-ortho nitro benzene ring substituents is 1. The van der Waals surface area contributed by atoms with E-state index >= 15 is 0 Å². The number of thioether (sulfide) groups is 1. The minimum Gasteiger partial charge on any atom is -0.506 e. The smallest absolute Gasteiger partial charge is 0.344 e. The number of aliphatic hydroxyl groups is 1. The van der Waals surface area contributed by atoms with Crippen LogP contribution in [0.4, 0.5) is 11.4 Å². The molecule has 2 aromatic rings. The summed E-state index contributed by atoms with van der Waals surface area (Å²) >= 11 is 1.13. The summed E-state index contributed by atoms with van der Waals surface area (Å²) in [5.41, 5.74) is 1.20. The van der Waals surface area contributed by atoms with Gasteiger partial charge in [0, 0.05) is 12.1 Å². The average Bonchev–Trinajstić information content (AvgIpc) is 2.98. The molecule has 0 aromatic heterocycles. The largest absolute Gasteiger partial charge is 0.506 e. The Bertz CT molecular complexity index is 995. The van der Waals surface area contributed by atoms with Gasteiger partial charge in [0.15, 0.2) is 0 Å². The molecule has 0 atom stereocenters. The van der Waals surface area contributed by atoms with Crippen molar-refractivity contribution in [2.24, 2.45) is 4.99 Å². The number of aliphatic hydroxyl groups excluding tert-OH is 1. The first-order valence-corrected chi connectivity index (χ1v) is 9.20. The standard InChI is InChI=1S/C20H16N2O5S/c1-2-27-20(24)17-18(23)16(12-13-6-4-3-5-7-13)28-19(17)21-14-8-10-15(11-9-14)22(25)26/h3-12,23H,2H2,1H3/b16-12-,21-19?. The minimum atomic E-state index is -0.676. The van der Waals surface area contributed by atoms with Gasteiger partial charge < -0.3 is 9.84 Å². The average molecular weight is 396 g/mol. The topological polar surface area (TPSA) is 102 Å².